The van der Waals surface area contributed by atoms with Gasteiger partial charge in [-0.05, 0) is 146 Å². The average Bonchev–Trinajstić information content (AvgIpc) is 3.96. The number of benzene rings is 7. The molecule has 0 atom stereocenters. The van der Waals surface area contributed by atoms with Gasteiger partial charge in [-0.1, -0.05) is 48.5 Å². The second-order valence-corrected chi connectivity index (χ2v) is 14.9. The Bertz CT molecular complexity index is 3130. The van der Waals surface area contributed by atoms with Gasteiger partial charge in [-0.15, -0.1) is 0 Å². The molecule has 5 nitrogen and oxygen atoms in total. The molecule has 258 valence electrons. The Morgan fingerprint density at radius 3 is 1.70 bits per heavy atom. The molecule has 10 aromatic rings. The second-order valence-electron chi connectivity index (χ2n) is 14.9. The molecular weight excluding hydrogens is 661 g/mol. The van der Waals surface area contributed by atoms with Crippen molar-refractivity contribution in [2.45, 2.75) is 34.1 Å². The number of hydrogen-bond acceptors (Lipinski definition) is 3. The number of aromatic nitrogens is 3. The van der Waals surface area contributed by atoms with Gasteiger partial charge in [0.25, 0.3) is 0 Å². The fraction of sp³-hybridized carbons (Fsp3) is 0.102. The molecule has 54 heavy (non-hydrogen) atoms. The lowest BCUT2D eigenvalue weighted by Gasteiger charge is -2.12. The van der Waals surface area contributed by atoms with Gasteiger partial charge in [0.2, 0.25) is 5.89 Å². The minimum atomic E-state index is 0.630. The third-order valence-electron chi connectivity index (χ3n) is 11.6. The highest BCUT2D eigenvalue weighted by Crippen LogP contribution is 2.39. The van der Waals surface area contributed by atoms with E-state index in [0.717, 1.165) is 67.8 Å². The molecule has 0 N–H and O–H groups in total. The van der Waals surface area contributed by atoms with Gasteiger partial charge in [-0.3, -0.25) is 4.99 Å². The molecule has 0 radical (unpaired) electrons. The molecule has 0 bridgehead atoms. The number of aryl methyl sites for hydroxylation is 4. The van der Waals surface area contributed by atoms with E-state index < -0.39 is 0 Å². The van der Waals surface area contributed by atoms with Crippen LogP contribution in [0.2, 0.25) is 0 Å². The number of fused-ring (bicyclic) bond motifs is 8. The normalized spacial score (nSPS) is 12.9. The molecule has 0 saturated carbocycles. The molecule has 1 aliphatic heterocycles. The summed E-state index contributed by atoms with van der Waals surface area (Å²) in [6.07, 6.45) is 0.831. The van der Waals surface area contributed by atoms with Crippen LogP contribution < -0.4 is 0 Å². The molecular formula is C49H36N4O. The van der Waals surface area contributed by atoms with Crippen molar-refractivity contribution in [1.29, 1.82) is 0 Å². The summed E-state index contributed by atoms with van der Waals surface area (Å²) in [6, 6.07) is 48.4. The van der Waals surface area contributed by atoms with E-state index in [4.69, 9.17) is 14.4 Å². The van der Waals surface area contributed by atoms with Crippen LogP contribution in [0.3, 0.4) is 0 Å². The van der Waals surface area contributed by atoms with Crippen LogP contribution in [-0.2, 0) is 6.42 Å². The van der Waals surface area contributed by atoms with Crippen LogP contribution in [0.25, 0.3) is 77.5 Å². The smallest absolute Gasteiger partial charge is 0.227 e. The Balaban J connectivity index is 1.08. The first-order valence-electron chi connectivity index (χ1n) is 18.6. The zero-order chi connectivity index (χ0) is 36.2. The zero-order valence-corrected chi connectivity index (χ0v) is 30.6. The number of para-hydroxylation sites is 2. The highest BCUT2D eigenvalue weighted by Gasteiger charge is 2.21. The van der Waals surface area contributed by atoms with Gasteiger partial charge in [0.1, 0.15) is 5.52 Å². The summed E-state index contributed by atoms with van der Waals surface area (Å²) in [5, 5.41) is 4.84. The van der Waals surface area contributed by atoms with E-state index in [1.54, 1.807) is 0 Å². The molecule has 1 aliphatic rings. The Kier molecular flexibility index (Phi) is 6.51. The van der Waals surface area contributed by atoms with E-state index in [9.17, 15) is 0 Å². The maximum Gasteiger partial charge on any atom is 0.227 e. The lowest BCUT2D eigenvalue weighted by molar-refractivity contribution is 0.619. The molecule has 7 aromatic carbocycles. The van der Waals surface area contributed by atoms with Crippen LogP contribution in [0.15, 0.2) is 143 Å². The van der Waals surface area contributed by atoms with Crippen LogP contribution >= 0.6 is 0 Å². The molecule has 0 fully saturated rings. The minimum Gasteiger partial charge on any atom is -0.436 e. The molecule has 0 aliphatic carbocycles. The van der Waals surface area contributed by atoms with Gasteiger partial charge in [-0.25, -0.2) is 4.98 Å². The fourth-order valence-corrected chi connectivity index (χ4v) is 8.51. The predicted octanol–water partition coefficient (Wildman–Crippen LogP) is 12.6. The zero-order valence-electron chi connectivity index (χ0n) is 30.6. The largest absolute Gasteiger partial charge is 0.436 e. The average molecular weight is 697 g/mol. The highest BCUT2D eigenvalue weighted by molar-refractivity contribution is 6.15. The summed E-state index contributed by atoms with van der Waals surface area (Å²) in [5.74, 6) is 0.630. The molecule has 4 heterocycles. The number of oxazole rings is 1. The summed E-state index contributed by atoms with van der Waals surface area (Å²) >= 11 is 0. The van der Waals surface area contributed by atoms with Crippen LogP contribution in [0.1, 0.15) is 33.4 Å². The van der Waals surface area contributed by atoms with E-state index in [2.05, 4.69) is 170 Å². The summed E-state index contributed by atoms with van der Waals surface area (Å²) in [6.45, 7) is 8.57. The van der Waals surface area contributed by atoms with E-state index in [1.165, 1.54) is 55.0 Å². The summed E-state index contributed by atoms with van der Waals surface area (Å²) in [4.78, 5) is 10.1. The Labute approximate surface area is 312 Å². The van der Waals surface area contributed by atoms with Crippen LogP contribution in [-0.4, -0.2) is 19.8 Å². The highest BCUT2D eigenvalue weighted by atomic mass is 16.3. The predicted molar refractivity (Wildman–Crippen MR) is 223 cm³/mol. The summed E-state index contributed by atoms with van der Waals surface area (Å²) in [7, 11) is 0. The van der Waals surface area contributed by atoms with Crippen molar-refractivity contribution in [3.63, 3.8) is 0 Å². The molecule has 11 rings (SSSR count). The van der Waals surface area contributed by atoms with E-state index in [1.807, 2.05) is 0 Å². The molecule has 5 heteroatoms. The number of rotatable bonds is 4. The summed E-state index contributed by atoms with van der Waals surface area (Å²) < 4.78 is 11.1. The number of aliphatic imine (C=N–C) groups is 1. The summed E-state index contributed by atoms with van der Waals surface area (Å²) in [5.41, 5.74) is 19.2. The van der Waals surface area contributed by atoms with Crippen LogP contribution in [0.5, 0.6) is 0 Å². The van der Waals surface area contributed by atoms with Gasteiger partial charge < -0.3 is 13.6 Å². The van der Waals surface area contributed by atoms with Crippen molar-refractivity contribution in [3.05, 3.63) is 167 Å². The molecule has 0 saturated heterocycles. The molecule has 3 aromatic heterocycles. The van der Waals surface area contributed by atoms with Crippen molar-refractivity contribution in [3.8, 4) is 22.8 Å². The quantitative estimate of drug-likeness (QED) is 0.184. The lowest BCUT2D eigenvalue weighted by Crippen LogP contribution is -2.01. The lowest BCUT2D eigenvalue weighted by atomic mass is 9.99. The molecule has 0 amide bonds. The first-order chi connectivity index (χ1) is 26.4. The van der Waals surface area contributed by atoms with Gasteiger partial charge in [0, 0.05) is 44.9 Å². The Morgan fingerprint density at radius 2 is 1.04 bits per heavy atom. The maximum absolute atomic E-state index is 6.37. The topological polar surface area (TPSA) is 48.2 Å². The SMILES string of the molecule is Cc1cc2c(cc1C)N=C(c1ccc3c(c1)c1cc(-c4nc5cc(C)c(C)cc5o4)ccc1n3-c1ccc(-n3c4ccccc4c4ccccc43)cc1)C2. The van der Waals surface area contributed by atoms with Gasteiger partial charge in [0.15, 0.2) is 5.58 Å². The fourth-order valence-electron chi connectivity index (χ4n) is 8.51. The van der Waals surface area contributed by atoms with E-state index >= 15 is 0 Å². The van der Waals surface area contributed by atoms with Crippen LogP contribution in [0.4, 0.5) is 5.69 Å². The third-order valence-corrected chi connectivity index (χ3v) is 11.6. The van der Waals surface area contributed by atoms with Crippen molar-refractivity contribution < 1.29 is 4.42 Å². The van der Waals surface area contributed by atoms with Crippen molar-refractivity contribution in [1.82, 2.24) is 14.1 Å². The monoisotopic (exact) mass is 696 g/mol. The second kappa shape index (κ2) is 11.4. The maximum atomic E-state index is 6.37. The van der Waals surface area contributed by atoms with E-state index in [0.29, 0.717) is 5.89 Å². The van der Waals surface area contributed by atoms with Crippen molar-refractivity contribution in [2.75, 3.05) is 0 Å². The van der Waals surface area contributed by atoms with Gasteiger partial charge in [0.05, 0.1) is 33.5 Å². The van der Waals surface area contributed by atoms with Gasteiger partial charge in [-0.2, -0.15) is 0 Å². The van der Waals surface area contributed by atoms with Crippen molar-refractivity contribution in [2.24, 2.45) is 4.99 Å². The Morgan fingerprint density at radius 1 is 0.500 bits per heavy atom. The molecule has 0 unspecified atom stereocenters. The first kappa shape index (κ1) is 30.9. The number of nitrogens with zero attached hydrogens (tertiary/aromatic N) is 4. The number of hydrogen-bond donors (Lipinski definition) is 0. The minimum absolute atomic E-state index is 0.630. The molecule has 0 spiro atoms. The van der Waals surface area contributed by atoms with Crippen molar-refractivity contribution >= 4 is 66.1 Å². The van der Waals surface area contributed by atoms with E-state index in [-0.39, 0.29) is 0 Å². The standard InChI is InChI=1S/C49H36N4O/c1-28-21-34-27-42(50-41(34)22-29(28)2)32-13-19-46-39(25-32)40-26-33(49-51-43-23-30(3)31(4)24-48(43)54-49)14-20-47(40)53(46)36-17-15-35(16-18-36)52-44-11-7-5-9-37(44)38-10-6-8-12-45(38)52/h5-26H,27H2,1-4H3. The third kappa shape index (κ3) is 4.58. The first-order valence-corrected chi connectivity index (χ1v) is 18.6. The van der Waals surface area contributed by atoms with Gasteiger partial charge >= 0.3 is 0 Å². The Hall–Kier alpha value is -6.72. The van der Waals surface area contributed by atoms with Crippen LogP contribution in [0, 0.1) is 27.7 Å².